The van der Waals surface area contributed by atoms with Crippen molar-refractivity contribution in [2.24, 2.45) is 5.92 Å². The summed E-state index contributed by atoms with van der Waals surface area (Å²) in [6.45, 7) is 3.03. The molecule has 4 rings (SSSR count). The van der Waals surface area contributed by atoms with Crippen LogP contribution in [0.4, 0.5) is 0 Å². The molecule has 158 valence electrons. The summed E-state index contributed by atoms with van der Waals surface area (Å²) in [6.07, 6.45) is 5.84. The second-order valence-corrected chi connectivity index (χ2v) is 7.68. The van der Waals surface area contributed by atoms with E-state index in [1.54, 1.807) is 25.1 Å². The summed E-state index contributed by atoms with van der Waals surface area (Å²) >= 11 is 6.18. The number of para-hydroxylation sites is 1. The van der Waals surface area contributed by atoms with E-state index in [9.17, 15) is 9.59 Å². The van der Waals surface area contributed by atoms with Gasteiger partial charge in [-0.15, -0.1) is 0 Å². The van der Waals surface area contributed by atoms with E-state index in [1.807, 2.05) is 12.2 Å². The lowest BCUT2D eigenvalue weighted by Gasteiger charge is -2.16. The Bertz CT molecular complexity index is 1070. The second-order valence-electron chi connectivity index (χ2n) is 7.27. The van der Waals surface area contributed by atoms with Gasteiger partial charge in [-0.25, -0.2) is 0 Å². The number of ether oxygens (including phenoxy) is 3. The first-order valence-corrected chi connectivity index (χ1v) is 10.5. The molecule has 1 aromatic carbocycles. The predicted molar refractivity (Wildman–Crippen MR) is 113 cm³/mol. The first kappa shape index (κ1) is 20.7. The van der Waals surface area contributed by atoms with Crippen LogP contribution in [0.5, 0.6) is 0 Å². The Morgan fingerprint density at radius 2 is 2.10 bits per heavy atom. The number of benzene rings is 1. The Morgan fingerprint density at radius 1 is 1.23 bits per heavy atom. The van der Waals surface area contributed by atoms with Crippen LogP contribution in [0.25, 0.3) is 16.5 Å². The molecule has 2 aromatic rings. The van der Waals surface area contributed by atoms with E-state index >= 15 is 0 Å². The van der Waals surface area contributed by atoms with Gasteiger partial charge in [0.2, 0.25) is 0 Å². The smallest absolute Gasteiger partial charge is 0.311 e. The molecule has 2 aliphatic carbocycles. The van der Waals surface area contributed by atoms with Crippen LogP contribution in [0.1, 0.15) is 31.9 Å². The fraction of sp³-hybridized carbons (Fsp3) is 0.391. The lowest BCUT2D eigenvalue weighted by molar-refractivity contribution is -0.145. The van der Waals surface area contributed by atoms with Crippen LogP contribution in [0.15, 0.2) is 51.4 Å². The molecule has 2 aliphatic rings. The van der Waals surface area contributed by atoms with Crippen molar-refractivity contribution in [2.45, 2.75) is 32.3 Å². The van der Waals surface area contributed by atoms with E-state index in [0.29, 0.717) is 60.8 Å². The molecule has 0 radical (unpaired) electrons. The molecule has 0 bridgehead atoms. The summed E-state index contributed by atoms with van der Waals surface area (Å²) in [6, 6.07) is 6.65. The van der Waals surface area contributed by atoms with Crippen LogP contribution in [0.2, 0.25) is 5.02 Å². The van der Waals surface area contributed by atoms with Crippen LogP contribution in [-0.4, -0.2) is 31.9 Å². The molecule has 1 saturated carbocycles. The number of carbonyl (C=O) groups excluding carboxylic acids is 1. The Hall–Kier alpha value is -2.57. The fourth-order valence-corrected chi connectivity index (χ4v) is 3.68. The zero-order chi connectivity index (χ0) is 21.1. The number of hydrogen-bond donors (Lipinski definition) is 0. The van der Waals surface area contributed by atoms with Crippen molar-refractivity contribution in [2.75, 3.05) is 19.8 Å². The van der Waals surface area contributed by atoms with Gasteiger partial charge in [0.25, 0.3) is 0 Å². The van der Waals surface area contributed by atoms with E-state index in [0.717, 1.165) is 11.3 Å². The monoisotopic (exact) mass is 430 g/mol. The van der Waals surface area contributed by atoms with Crippen molar-refractivity contribution in [1.82, 2.24) is 0 Å². The molecule has 30 heavy (non-hydrogen) atoms. The minimum Gasteiger partial charge on any atom is -0.496 e. The summed E-state index contributed by atoms with van der Waals surface area (Å²) in [5, 5.41) is 0.895. The fourth-order valence-electron chi connectivity index (χ4n) is 3.47. The summed E-state index contributed by atoms with van der Waals surface area (Å²) < 4.78 is 22.3. The Balaban J connectivity index is 1.31. The normalized spacial score (nSPS) is 20.5. The maximum atomic E-state index is 12.4. The van der Waals surface area contributed by atoms with Crippen molar-refractivity contribution in [3.05, 3.63) is 63.2 Å². The number of fused-ring (bicyclic) bond motifs is 1. The largest absolute Gasteiger partial charge is 0.496 e. The number of esters is 1. The van der Waals surface area contributed by atoms with Gasteiger partial charge in [-0.05, 0) is 43.5 Å². The van der Waals surface area contributed by atoms with Crippen LogP contribution in [0.3, 0.4) is 0 Å². The molecule has 1 aromatic heterocycles. The Morgan fingerprint density at radius 3 is 2.87 bits per heavy atom. The molecular weight excluding hydrogens is 408 g/mol. The molecular formula is C23H23ClO6. The highest BCUT2D eigenvalue weighted by atomic mass is 35.5. The Labute approximate surface area is 179 Å². The molecule has 0 N–H and O–H groups in total. The molecule has 6 nitrogen and oxygen atoms in total. The lowest BCUT2D eigenvalue weighted by Crippen LogP contribution is -2.13. The van der Waals surface area contributed by atoms with Crippen molar-refractivity contribution < 1.29 is 23.4 Å². The van der Waals surface area contributed by atoms with Crippen molar-refractivity contribution in [3.8, 4) is 0 Å². The molecule has 1 heterocycles. The highest BCUT2D eigenvalue weighted by molar-refractivity contribution is 6.34. The maximum Gasteiger partial charge on any atom is 0.311 e. The predicted octanol–water partition coefficient (Wildman–Crippen LogP) is 4.49. The topological polar surface area (TPSA) is 75.0 Å². The van der Waals surface area contributed by atoms with Gasteiger partial charge in [0.05, 0.1) is 41.4 Å². The molecule has 0 saturated heterocycles. The average Bonchev–Trinajstić information content (AvgIpc) is 3.52. The molecule has 2 atom stereocenters. The SMILES string of the molecule is CCOC(=O)C1CC1OCCOC1=CC=C(c2cc(=O)c3cccc(Cl)c3o2)CC1. The number of halogens is 1. The van der Waals surface area contributed by atoms with Gasteiger partial charge in [-0.3, -0.25) is 9.59 Å². The third kappa shape index (κ3) is 4.60. The third-order valence-corrected chi connectivity index (χ3v) is 5.46. The van der Waals surface area contributed by atoms with E-state index in [-0.39, 0.29) is 23.4 Å². The first-order chi connectivity index (χ1) is 14.6. The van der Waals surface area contributed by atoms with Crippen LogP contribution in [0, 0.1) is 5.92 Å². The molecule has 0 spiro atoms. The number of allylic oxidation sites excluding steroid dienone is 4. The van der Waals surface area contributed by atoms with Gasteiger partial charge in [0.15, 0.2) is 11.0 Å². The van der Waals surface area contributed by atoms with Gasteiger partial charge in [-0.1, -0.05) is 23.7 Å². The van der Waals surface area contributed by atoms with Gasteiger partial charge in [-0.2, -0.15) is 0 Å². The van der Waals surface area contributed by atoms with E-state index in [2.05, 4.69) is 0 Å². The zero-order valence-electron chi connectivity index (χ0n) is 16.7. The molecule has 0 aliphatic heterocycles. The van der Waals surface area contributed by atoms with E-state index in [1.165, 1.54) is 6.07 Å². The number of rotatable bonds is 8. The van der Waals surface area contributed by atoms with Gasteiger partial charge >= 0.3 is 5.97 Å². The minimum atomic E-state index is -0.183. The quantitative estimate of drug-likeness (QED) is 0.453. The molecule has 1 fully saturated rings. The summed E-state index contributed by atoms with van der Waals surface area (Å²) in [7, 11) is 0. The van der Waals surface area contributed by atoms with Gasteiger partial charge in [0, 0.05) is 12.5 Å². The van der Waals surface area contributed by atoms with Crippen molar-refractivity contribution in [3.63, 3.8) is 0 Å². The Kier molecular flexibility index (Phi) is 6.25. The third-order valence-electron chi connectivity index (χ3n) is 5.16. The average molecular weight is 431 g/mol. The summed E-state index contributed by atoms with van der Waals surface area (Å²) in [4.78, 5) is 23.9. The number of carbonyl (C=O) groups is 1. The molecule has 2 unspecified atom stereocenters. The highest BCUT2D eigenvalue weighted by Crippen LogP contribution is 2.35. The van der Waals surface area contributed by atoms with Crippen LogP contribution < -0.4 is 5.43 Å². The standard InChI is InChI=1S/C23H23ClO6/c1-2-27-23(26)17-12-21(17)29-11-10-28-15-8-6-14(7-9-15)20-13-19(25)16-4-3-5-18(24)22(16)30-20/h3-6,8,13,17,21H,2,7,9-12H2,1H3. The van der Waals surface area contributed by atoms with E-state index < -0.39 is 0 Å². The van der Waals surface area contributed by atoms with Crippen LogP contribution >= 0.6 is 11.6 Å². The maximum absolute atomic E-state index is 12.4. The van der Waals surface area contributed by atoms with Crippen molar-refractivity contribution in [1.29, 1.82) is 0 Å². The molecule has 0 amide bonds. The highest BCUT2D eigenvalue weighted by Gasteiger charge is 2.45. The van der Waals surface area contributed by atoms with Crippen molar-refractivity contribution >= 4 is 34.1 Å². The summed E-state index contributed by atoms with van der Waals surface area (Å²) in [5.41, 5.74) is 1.22. The van der Waals surface area contributed by atoms with Gasteiger partial charge in [0.1, 0.15) is 12.4 Å². The number of hydrogen-bond acceptors (Lipinski definition) is 6. The molecule has 7 heteroatoms. The summed E-state index contributed by atoms with van der Waals surface area (Å²) in [5.74, 6) is 1.06. The lowest BCUT2D eigenvalue weighted by atomic mass is 10.0. The van der Waals surface area contributed by atoms with E-state index in [4.69, 9.17) is 30.2 Å². The van der Waals surface area contributed by atoms with Gasteiger partial charge < -0.3 is 18.6 Å². The first-order valence-electron chi connectivity index (χ1n) is 10.1. The van der Waals surface area contributed by atoms with Crippen LogP contribution in [-0.2, 0) is 19.0 Å². The second kappa shape index (κ2) is 9.06. The minimum absolute atomic E-state index is 0.0536. The zero-order valence-corrected chi connectivity index (χ0v) is 17.4.